The molecule has 0 amide bonds. The lowest BCUT2D eigenvalue weighted by Crippen LogP contribution is -2.28. The van der Waals surface area contributed by atoms with E-state index >= 15 is 0 Å². The molecule has 0 saturated carbocycles. The third-order valence-electron chi connectivity index (χ3n) is 4.26. The van der Waals surface area contributed by atoms with Gasteiger partial charge in [-0.25, -0.2) is 4.68 Å². The van der Waals surface area contributed by atoms with Gasteiger partial charge >= 0.3 is 0 Å². The maximum atomic E-state index is 13.2. The minimum atomic E-state index is -0.358. The molecule has 0 aliphatic carbocycles. The average molecular weight is 351 g/mol. The number of rotatable bonds is 3. The lowest BCUT2D eigenvalue weighted by Gasteiger charge is -2.28. The van der Waals surface area contributed by atoms with Crippen LogP contribution in [0.15, 0.2) is 72.2 Å². The van der Waals surface area contributed by atoms with Crippen molar-refractivity contribution in [3.05, 3.63) is 88.3 Å². The van der Waals surface area contributed by atoms with Crippen molar-refractivity contribution in [2.75, 3.05) is 5.32 Å². The van der Waals surface area contributed by atoms with Gasteiger partial charge in [0.25, 0.3) is 0 Å². The second-order valence-corrected chi connectivity index (χ2v) is 6.28. The normalized spacial score (nSPS) is 16.3. The van der Waals surface area contributed by atoms with Crippen LogP contribution in [-0.4, -0.2) is 20.5 Å². The monoisotopic (exact) mass is 350 g/mol. The lowest BCUT2D eigenvalue weighted by atomic mass is 9.90. The highest BCUT2D eigenvalue weighted by Crippen LogP contribution is 2.36. The van der Waals surface area contributed by atoms with Gasteiger partial charge in [0.2, 0.25) is 5.95 Å². The van der Waals surface area contributed by atoms with E-state index in [9.17, 15) is 4.79 Å². The van der Waals surface area contributed by atoms with Crippen LogP contribution in [-0.2, 0) is 0 Å². The van der Waals surface area contributed by atoms with E-state index in [-0.39, 0.29) is 11.8 Å². The van der Waals surface area contributed by atoms with Crippen molar-refractivity contribution in [2.45, 2.75) is 13.0 Å². The molecule has 1 unspecified atom stereocenters. The summed E-state index contributed by atoms with van der Waals surface area (Å²) in [5, 5.41) is 8.14. The van der Waals surface area contributed by atoms with Gasteiger partial charge in [-0.05, 0) is 24.6 Å². The summed E-state index contributed by atoms with van der Waals surface area (Å²) in [7, 11) is 0. The quantitative estimate of drug-likeness (QED) is 0.722. The first kappa shape index (κ1) is 15.6. The SMILES string of the molecule is CC1=C(C(=O)c2ccccc2)C(c2ccc(Cl)cc2)n2ncnc2N1. The fourth-order valence-corrected chi connectivity index (χ4v) is 3.21. The van der Waals surface area contributed by atoms with Gasteiger partial charge in [0.1, 0.15) is 12.4 Å². The molecule has 1 N–H and O–H groups in total. The standard InChI is InChI=1S/C19H15ClN4O/c1-12-16(18(25)14-5-3-2-4-6-14)17(13-7-9-15(20)10-8-13)24-19(23-12)21-11-22-24/h2-11,17H,1H3,(H,21,22,23). The molecule has 2 aromatic carbocycles. The molecule has 0 saturated heterocycles. The smallest absolute Gasteiger partial charge is 0.226 e. The highest BCUT2D eigenvalue weighted by atomic mass is 35.5. The number of ketones is 1. The lowest BCUT2D eigenvalue weighted by molar-refractivity contribution is 0.102. The van der Waals surface area contributed by atoms with Gasteiger partial charge in [-0.15, -0.1) is 0 Å². The Morgan fingerprint density at radius 3 is 2.56 bits per heavy atom. The molecule has 0 fully saturated rings. The molecule has 124 valence electrons. The molecule has 0 spiro atoms. The van der Waals surface area contributed by atoms with E-state index in [2.05, 4.69) is 15.4 Å². The molecule has 25 heavy (non-hydrogen) atoms. The predicted octanol–water partition coefficient (Wildman–Crippen LogP) is 4.10. The number of nitrogens with one attached hydrogen (secondary N) is 1. The third-order valence-corrected chi connectivity index (χ3v) is 4.51. The zero-order valence-electron chi connectivity index (χ0n) is 13.5. The van der Waals surface area contributed by atoms with E-state index in [4.69, 9.17) is 11.6 Å². The molecule has 0 radical (unpaired) electrons. The highest BCUT2D eigenvalue weighted by Gasteiger charge is 2.33. The molecule has 4 rings (SSSR count). The summed E-state index contributed by atoms with van der Waals surface area (Å²) in [5.74, 6) is 0.578. The summed E-state index contributed by atoms with van der Waals surface area (Å²) in [6.45, 7) is 1.89. The van der Waals surface area contributed by atoms with E-state index < -0.39 is 0 Å². The van der Waals surface area contributed by atoms with Crippen molar-refractivity contribution in [2.24, 2.45) is 0 Å². The number of anilines is 1. The Hall–Kier alpha value is -2.92. The maximum absolute atomic E-state index is 13.2. The molecule has 5 nitrogen and oxygen atoms in total. The summed E-state index contributed by atoms with van der Waals surface area (Å²) in [6.07, 6.45) is 1.48. The number of aromatic nitrogens is 3. The number of carbonyl (C=O) groups is 1. The molecule has 1 atom stereocenters. The number of carbonyl (C=O) groups excluding carboxylic acids is 1. The maximum Gasteiger partial charge on any atom is 0.226 e. The van der Waals surface area contributed by atoms with Crippen molar-refractivity contribution >= 4 is 23.3 Å². The topological polar surface area (TPSA) is 59.8 Å². The summed E-state index contributed by atoms with van der Waals surface area (Å²) in [5.41, 5.74) is 2.98. The number of halogens is 1. The number of allylic oxidation sites excluding steroid dienone is 2. The van der Waals surface area contributed by atoms with Crippen LogP contribution in [0.2, 0.25) is 5.02 Å². The molecule has 1 aliphatic heterocycles. The number of hydrogen-bond acceptors (Lipinski definition) is 4. The van der Waals surface area contributed by atoms with Crippen molar-refractivity contribution in [1.82, 2.24) is 14.8 Å². The van der Waals surface area contributed by atoms with E-state index in [1.807, 2.05) is 61.5 Å². The number of nitrogens with zero attached hydrogens (tertiary/aromatic N) is 3. The first-order valence-corrected chi connectivity index (χ1v) is 8.25. The van der Waals surface area contributed by atoms with Crippen LogP contribution in [0.4, 0.5) is 5.95 Å². The van der Waals surface area contributed by atoms with E-state index in [1.165, 1.54) is 6.33 Å². The van der Waals surface area contributed by atoms with Crippen LogP contribution in [0.5, 0.6) is 0 Å². The Bertz CT molecular complexity index is 961. The second-order valence-electron chi connectivity index (χ2n) is 5.84. The van der Waals surface area contributed by atoms with Crippen LogP contribution in [0, 0.1) is 0 Å². The predicted molar refractivity (Wildman–Crippen MR) is 96.7 cm³/mol. The second kappa shape index (κ2) is 6.18. The summed E-state index contributed by atoms with van der Waals surface area (Å²) in [6, 6.07) is 16.3. The molecule has 0 bridgehead atoms. The van der Waals surface area contributed by atoms with Crippen molar-refractivity contribution in [1.29, 1.82) is 0 Å². The average Bonchev–Trinajstić information content (AvgIpc) is 3.09. The molecule has 2 heterocycles. The summed E-state index contributed by atoms with van der Waals surface area (Å²) in [4.78, 5) is 17.4. The van der Waals surface area contributed by atoms with Gasteiger partial charge in [0.05, 0.1) is 0 Å². The summed E-state index contributed by atoms with van der Waals surface area (Å²) < 4.78 is 1.73. The van der Waals surface area contributed by atoms with Crippen LogP contribution in [0.3, 0.4) is 0 Å². The fourth-order valence-electron chi connectivity index (χ4n) is 3.08. The zero-order chi connectivity index (χ0) is 17.4. The van der Waals surface area contributed by atoms with E-state index in [0.717, 1.165) is 11.3 Å². The number of benzene rings is 2. The first-order valence-electron chi connectivity index (χ1n) is 7.87. The van der Waals surface area contributed by atoms with E-state index in [0.29, 0.717) is 22.1 Å². The first-order chi connectivity index (χ1) is 12.1. The van der Waals surface area contributed by atoms with Crippen LogP contribution >= 0.6 is 11.6 Å². The Morgan fingerprint density at radius 1 is 1.12 bits per heavy atom. The van der Waals surface area contributed by atoms with Crippen molar-refractivity contribution in [3.8, 4) is 0 Å². The van der Waals surface area contributed by atoms with Gasteiger partial charge in [-0.2, -0.15) is 10.1 Å². The van der Waals surface area contributed by atoms with Crippen LogP contribution in [0.1, 0.15) is 28.9 Å². The molecular formula is C19H15ClN4O. The fraction of sp³-hybridized carbons (Fsp3) is 0.105. The number of fused-ring (bicyclic) bond motifs is 1. The Kier molecular flexibility index (Phi) is 3.86. The van der Waals surface area contributed by atoms with Gasteiger partial charge in [0.15, 0.2) is 5.78 Å². The Balaban J connectivity index is 1.87. The van der Waals surface area contributed by atoms with Crippen molar-refractivity contribution in [3.63, 3.8) is 0 Å². The van der Waals surface area contributed by atoms with Crippen molar-refractivity contribution < 1.29 is 4.79 Å². The zero-order valence-corrected chi connectivity index (χ0v) is 14.2. The molecule has 3 aromatic rings. The van der Waals surface area contributed by atoms with E-state index in [1.54, 1.807) is 4.68 Å². The minimum Gasteiger partial charge on any atom is -0.328 e. The molecule has 1 aliphatic rings. The van der Waals surface area contributed by atoms with Crippen LogP contribution in [0.25, 0.3) is 0 Å². The molecule has 6 heteroatoms. The largest absolute Gasteiger partial charge is 0.328 e. The van der Waals surface area contributed by atoms with Gasteiger partial charge in [-0.3, -0.25) is 4.79 Å². The Labute approximate surface area is 150 Å². The minimum absolute atomic E-state index is 0.0355. The number of Topliss-reactive ketones (excluding diaryl/α,β-unsaturated/α-hetero) is 1. The molecular weight excluding hydrogens is 336 g/mol. The Morgan fingerprint density at radius 2 is 1.84 bits per heavy atom. The number of hydrogen-bond donors (Lipinski definition) is 1. The molecule has 1 aromatic heterocycles. The van der Waals surface area contributed by atoms with Gasteiger partial charge in [-0.1, -0.05) is 54.1 Å². The third kappa shape index (κ3) is 2.72. The van der Waals surface area contributed by atoms with Crippen LogP contribution < -0.4 is 5.32 Å². The van der Waals surface area contributed by atoms with Gasteiger partial charge < -0.3 is 5.32 Å². The highest BCUT2D eigenvalue weighted by molar-refractivity contribution is 6.30. The summed E-state index contributed by atoms with van der Waals surface area (Å²) >= 11 is 6.03. The van der Waals surface area contributed by atoms with Gasteiger partial charge in [0, 0.05) is 21.9 Å².